The Bertz CT molecular complexity index is 1110. The van der Waals surface area contributed by atoms with Crippen molar-refractivity contribution in [3.05, 3.63) is 105 Å². The summed E-state index contributed by atoms with van der Waals surface area (Å²) in [6, 6.07) is 23.5. The van der Waals surface area contributed by atoms with Gasteiger partial charge in [0.2, 0.25) is 0 Å². The molecule has 3 amide bonds. The number of anilines is 1. The highest BCUT2D eigenvalue weighted by molar-refractivity contribution is 14.1. The first kappa shape index (κ1) is 20.0. The molecule has 3 aromatic rings. The molecule has 0 fully saturated rings. The van der Waals surface area contributed by atoms with Gasteiger partial charge in [0, 0.05) is 15.3 Å². The van der Waals surface area contributed by atoms with Gasteiger partial charge >= 0.3 is 0 Å². The SMILES string of the molecule is O=C1c2ccccc2C(=O)N1CN(C(=O)/C=C/c1ccccc1)c1ccc(I)cc1. The summed E-state index contributed by atoms with van der Waals surface area (Å²) in [7, 11) is 0. The van der Waals surface area contributed by atoms with Crippen LogP contribution in [0.15, 0.2) is 84.9 Å². The highest BCUT2D eigenvalue weighted by Crippen LogP contribution is 2.25. The van der Waals surface area contributed by atoms with Gasteiger partial charge in [-0.2, -0.15) is 0 Å². The molecule has 148 valence electrons. The van der Waals surface area contributed by atoms with E-state index in [1.54, 1.807) is 42.5 Å². The van der Waals surface area contributed by atoms with Crippen LogP contribution in [0.2, 0.25) is 0 Å². The smallest absolute Gasteiger partial charge is 0.263 e. The van der Waals surface area contributed by atoms with Gasteiger partial charge in [0.15, 0.2) is 0 Å². The van der Waals surface area contributed by atoms with Gasteiger partial charge in [-0.1, -0.05) is 42.5 Å². The van der Waals surface area contributed by atoms with Crippen LogP contribution in [0.3, 0.4) is 0 Å². The number of nitrogens with zero attached hydrogens (tertiary/aromatic N) is 2. The highest BCUT2D eigenvalue weighted by Gasteiger charge is 2.36. The first-order valence-corrected chi connectivity index (χ1v) is 10.4. The molecule has 0 aliphatic carbocycles. The fourth-order valence-corrected chi connectivity index (χ4v) is 3.59. The van der Waals surface area contributed by atoms with Gasteiger partial charge < -0.3 is 0 Å². The van der Waals surface area contributed by atoms with Crippen molar-refractivity contribution in [2.45, 2.75) is 0 Å². The predicted octanol–water partition coefficient (Wildman–Crippen LogP) is 4.59. The van der Waals surface area contributed by atoms with Crippen LogP contribution in [-0.2, 0) is 4.79 Å². The molecule has 0 bridgehead atoms. The van der Waals surface area contributed by atoms with Crippen LogP contribution >= 0.6 is 22.6 Å². The molecule has 0 radical (unpaired) electrons. The molecule has 6 heteroatoms. The minimum atomic E-state index is -0.397. The molecule has 5 nitrogen and oxygen atoms in total. The fraction of sp³-hybridized carbons (Fsp3) is 0.0417. The molecule has 0 aromatic heterocycles. The molecule has 0 unspecified atom stereocenters. The van der Waals surface area contributed by atoms with Crippen molar-refractivity contribution in [3.8, 4) is 0 Å². The van der Waals surface area contributed by atoms with Gasteiger partial charge in [-0.25, -0.2) is 0 Å². The molecule has 3 aromatic carbocycles. The Morgan fingerprint density at radius 2 is 1.40 bits per heavy atom. The minimum Gasteiger partial charge on any atom is -0.290 e. The zero-order valence-electron chi connectivity index (χ0n) is 15.9. The molecular formula is C24H17IN2O3. The number of hydrogen-bond donors (Lipinski definition) is 0. The highest BCUT2D eigenvalue weighted by atomic mass is 127. The van der Waals surface area contributed by atoms with Crippen molar-refractivity contribution < 1.29 is 14.4 Å². The quantitative estimate of drug-likeness (QED) is 0.288. The molecule has 0 atom stereocenters. The van der Waals surface area contributed by atoms with Crippen molar-refractivity contribution in [3.63, 3.8) is 0 Å². The van der Waals surface area contributed by atoms with E-state index in [0.29, 0.717) is 16.8 Å². The Labute approximate surface area is 187 Å². The third kappa shape index (κ3) is 4.04. The van der Waals surface area contributed by atoms with E-state index in [4.69, 9.17) is 0 Å². The monoisotopic (exact) mass is 508 g/mol. The maximum absolute atomic E-state index is 13.1. The van der Waals surface area contributed by atoms with E-state index in [1.807, 2.05) is 42.5 Å². The number of benzene rings is 3. The molecule has 1 heterocycles. The molecule has 0 N–H and O–H groups in total. The van der Waals surface area contributed by atoms with Gasteiger partial charge in [-0.3, -0.25) is 24.2 Å². The van der Waals surface area contributed by atoms with Crippen LogP contribution in [0.4, 0.5) is 5.69 Å². The summed E-state index contributed by atoms with van der Waals surface area (Å²) in [6.07, 6.45) is 3.16. The maximum Gasteiger partial charge on any atom is 0.263 e. The molecular weight excluding hydrogens is 491 g/mol. The van der Waals surface area contributed by atoms with Crippen molar-refractivity contribution >= 4 is 52.1 Å². The number of amides is 3. The van der Waals surface area contributed by atoms with Gasteiger partial charge in [0.25, 0.3) is 17.7 Å². The second-order valence-electron chi connectivity index (χ2n) is 6.71. The normalized spacial score (nSPS) is 13.0. The average molecular weight is 508 g/mol. The first-order chi connectivity index (χ1) is 14.5. The number of carbonyl (C=O) groups is 3. The number of hydrogen-bond acceptors (Lipinski definition) is 3. The third-order valence-corrected chi connectivity index (χ3v) is 5.50. The van der Waals surface area contributed by atoms with Crippen molar-refractivity contribution in [2.24, 2.45) is 0 Å². The Kier molecular flexibility index (Phi) is 5.76. The van der Waals surface area contributed by atoms with Crippen molar-refractivity contribution in [2.75, 3.05) is 11.6 Å². The second kappa shape index (κ2) is 8.62. The van der Waals surface area contributed by atoms with Crippen LogP contribution in [0.5, 0.6) is 0 Å². The van der Waals surface area contributed by atoms with Gasteiger partial charge in [0.1, 0.15) is 6.67 Å². The number of imide groups is 1. The summed E-state index contributed by atoms with van der Waals surface area (Å²) in [5.41, 5.74) is 2.21. The Morgan fingerprint density at radius 1 is 0.833 bits per heavy atom. The molecule has 4 rings (SSSR count). The number of carbonyl (C=O) groups excluding carboxylic acids is 3. The molecule has 1 aliphatic rings. The summed E-state index contributed by atoms with van der Waals surface area (Å²) >= 11 is 2.18. The number of halogens is 1. The summed E-state index contributed by atoms with van der Waals surface area (Å²) < 4.78 is 1.02. The van der Waals surface area contributed by atoms with Gasteiger partial charge in [0.05, 0.1) is 11.1 Å². The Hall–Kier alpha value is -3.26. The maximum atomic E-state index is 13.1. The van der Waals surface area contributed by atoms with E-state index in [2.05, 4.69) is 22.6 Å². The van der Waals surface area contributed by atoms with E-state index in [0.717, 1.165) is 14.0 Å². The average Bonchev–Trinajstić information content (AvgIpc) is 3.02. The van der Waals surface area contributed by atoms with E-state index < -0.39 is 11.8 Å². The van der Waals surface area contributed by atoms with E-state index in [9.17, 15) is 14.4 Å². The lowest BCUT2D eigenvalue weighted by Crippen LogP contribution is -2.43. The summed E-state index contributed by atoms with van der Waals surface area (Å²) in [6.45, 7) is -0.162. The Morgan fingerprint density at radius 3 is 2.00 bits per heavy atom. The van der Waals surface area contributed by atoms with Gasteiger partial charge in [-0.15, -0.1) is 0 Å². The van der Waals surface area contributed by atoms with E-state index >= 15 is 0 Å². The minimum absolute atomic E-state index is 0.162. The van der Waals surface area contributed by atoms with Crippen LogP contribution in [0.1, 0.15) is 26.3 Å². The van der Waals surface area contributed by atoms with Crippen LogP contribution in [0.25, 0.3) is 6.08 Å². The Balaban J connectivity index is 1.64. The van der Waals surface area contributed by atoms with E-state index in [-0.39, 0.29) is 12.6 Å². The lowest BCUT2D eigenvalue weighted by molar-refractivity contribution is -0.114. The zero-order valence-corrected chi connectivity index (χ0v) is 18.0. The molecule has 30 heavy (non-hydrogen) atoms. The van der Waals surface area contributed by atoms with Crippen LogP contribution in [0, 0.1) is 3.57 Å². The first-order valence-electron chi connectivity index (χ1n) is 9.30. The third-order valence-electron chi connectivity index (χ3n) is 4.78. The summed E-state index contributed by atoms with van der Waals surface area (Å²) in [5, 5.41) is 0. The molecule has 0 saturated heterocycles. The van der Waals surface area contributed by atoms with Crippen molar-refractivity contribution in [1.29, 1.82) is 0 Å². The van der Waals surface area contributed by atoms with E-state index in [1.165, 1.54) is 11.0 Å². The number of rotatable bonds is 5. The van der Waals surface area contributed by atoms with Gasteiger partial charge in [-0.05, 0) is 70.6 Å². The fourth-order valence-electron chi connectivity index (χ4n) is 3.23. The molecule has 0 spiro atoms. The van der Waals surface area contributed by atoms with Crippen LogP contribution < -0.4 is 4.90 Å². The second-order valence-corrected chi connectivity index (χ2v) is 7.96. The summed E-state index contributed by atoms with van der Waals surface area (Å²) in [5.74, 6) is -1.12. The largest absolute Gasteiger partial charge is 0.290 e. The lowest BCUT2D eigenvalue weighted by Gasteiger charge is -2.26. The summed E-state index contributed by atoms with van der Waals surface area (Å²) in [4.78, 5) is 41.2. The molecule has 1 aliphatic heterocycles. The lowest BCUT2D eigenvalue weighted by atomic mass is 10.1. The number of fused-ring (bicyclic) bond motifs is 1. The van der Waals surface area contributed by atoms with Crippen LogP contribution in [-0.4, -0.2) is 29.3 Å². The zero-order chi connectivity index (χ0) is 21.1. The van der Waals surface area contributed by atoms with Crippen molar-refractivity contribution in [1.82, 2.24) is 4.90 Å². The standard InChI is InChI=1S/C24H17IN2O3/c25-18-11-13-19(14-12-18)26(22(28)15-10-17-6-2-1-3-7-17)16-27-23(29)20-8-4-5-9-21(20)24(27)30/h1-15H,16H2/b15-10+. The predicted molar refractivity (Wildman–Crippen MR) is 124 cm³/mol. The topological polar surface area (TPSA) is 57.7 Å². The molecule has 0 saturated carbocycles.